The maximum absolute atomic E-state index is 10.6. The van der Waals surface area contributed by atoms with Gasteiger partial charge in [0.25, 0.3) is 5.69 Å². The molecule has 1 atom stereocenters. The van der Waals surface area contributed by atoms with Gasteiger partial charge < -0.3 is 15.2 Å². The van der Waals surface area contributed by atoms with Gasteiger partial charge >= 0.3 is 0 Å². The second-order valence-corrected chi connectivity index (χ2v) is 4.97. The summed E-state index contributed by atoms with van der Waals surface area (Å²) in [5.74, 6) is 0.717. The Hall–Kier alpha value is -2.60. The third kappa shape index (κ3) is 4.75. The van der Waals surface area contributed by atoms with Crippen LogP contribution in [0.15, 0.2) is 48.5 Å². The van der Waals surface area contributed by atoms with Crippen molar-refractivity contribution < 1.29 is 14.8 Å². The van der Waals surface area contributed by atoms with E-state index in [1.807, 2.05) is 31.2 Å². The number of ether oxygens (including phenoxy) is 1. The third-order valence-electron chi connectivity index (χ3n) is 3.05. The smallest absolute Gasteiger partial charge is 0.269 e. The van der Waals surface area contributed by atoms with Gasteiger partial charge in [0.1, 0.15) is 18.5 Å². The van der Waals surface area contributed by atoms with Crippen molar-refractivity contribution in [1.82, 2.24) is 0 Å². The first-order valence-electron chi connectivity index (χ1n) is 6.90. The zero-order chi connectivity index (χ0) is 15.9. The molecule has 0 aliphatic rings. The van der Waals surface area contributed by atoms with Crippen molar-refractivity contribution >= 4 is 11.4 Å². The molecule has 0 fully saturated rings. The predicted molar refractivity (Wildman–Crippen MR) is 84.3 cm³/mol. The van der Waals surface area contributed by atoms with Gasteiger partial charge in [-0.25, -0.2) is 0 Å². The lowest BCUT2D eigenvalue weighted by atomic mass is 10.2. The second-order valence-electron chi connectivity index (χ2n) is 4.97. The van der Waals surface area contributed by atoms with E-state index in [0.717, 1.165) is 11.3 Å². The van der Waals surface area contributed by atoms with Gasteiger partial charge in [-0.2, -0.15) is 0 Å². The number of nitro benzene ring substituents is 1. The van der Waals surface area contributed by atoms with Crippen LogP contribution in [0, 0.1) is 17.0 Å². The Kier molecular flexibility index (Phi) is 5.32. The van der Waals surface area contributed by atoms with E-state index in [9.17, 15) is 15.2 Å². The van der Waals surface area contributed by atoms with Gasteiger partial charge in [0.15, 0.2) is 0 Å². The summed E-state index contributed by atoms with van der Waals surface area (Å²) in [5.41, 5.74) is 1.84. The largest absolute Gasteiger partial charge is 0.491 e. The average Bonchev–Trinajstić information content (AvgIpc) is 2.51. The Morgan fingerprint density at radius 1 is 1.27 bits per heavy atom. The molecule has 22 heavy (non-hydrogen) atoms. The highest BCUT2D eigenvalue weighted by atomic mass is 16.6. The van der Waals surface area contributed by atoms with Crippen LogP contribution in [-0.4, -0.2) is 29.3 Å². The van der Waals surface area contributed by atoms with Gasteiger partial charge in [-0.15, -0.1) is 0 Å². The number of non-ortho nitro benzene ring substituents is 1. The van der Waals surface area contributed by atoms with Gasteiger partial charge in [0.05, 0.1) is 4.92 Å². The molecule has 0 heterocycles. The quantitative estimate of drug-likeness (QED) is 0.607. The summed E-state index contributed by atoms with van der Waals surface area (Å²) in [5, 5.41) is 23.4. The third-order valence-corrected chi connectivity index (χ3v) is 3.05. The Balaban J connectivity index is 1.77. The first-order chi connectivity index (χ1) is 10.5. The lowest BCUT2D eigenvalue weighted by Gasteiger charge is -2.14. The van der Waals surface area contributed by atoms with E-state index in [4.69, 9.17) is 4.74 Å². The summed E-state index contributed by atoms with van der Waals surface area (Å²) in [4.78, 5) is 10.1. The molecule has 1 unspecified atom stereocenters. The number of hydrogen-bond acceptors (Lipinski definition) is 5. The molecule has 6 heteroatoms. The number of hydrogen-bond donors (Lipinski definition) is 2. The van der Waals surface area contributed by atoms with Crippen molar-refractivity contribution in [2.24, 2.45) is 0 Å². The molecular weight excluding hydrogens is 284 g/mol. The van der Waals surface area contributed by atoms with Crippen molar-refractivity contribution in [3.05, 3.63) is 64.2 Å². The van der Waals surface area contributed by atoms with Crippen molar-refractivity contribution in [1.29, 1.82) is 0 Å². The highest BCUT2D eigenvalue weighted by Gasteiger charge is 2.07. The topological polar surface area (TPSA) is 84.6 Å². The summed E-state index contributed by atoms with van der Waals surface area (Å²) in [6.45, 7) is 2.44. The molecule has 2 rings (SSSR count). The average molecular weight is 302 g/mol. The predicted octanol–water partition coefficient (Wildman–Crippen LogP) is 2.76. The molecule has 6 nitrogen and oxygen atoms in total. The van der Waals surface area contributed by atoms with E-state index in [1.165, 1.54) is 12.1 Å². The lowest BCUT2D eigenvalue weighted by Crippen LogP contribution is -2.26. The molecular formula is C16H18N2O4. The fraction of sp³-hybridized carbons (Fsp3) is 0.250. The summed E-state index contributed by atoms with van der Waals surface area (Å²) in [7, 11) is 0. The molecule has 0 saturated carbocycles. The van der Waals surface area contributed by atoms with E-state index in [2.05, 4.69) is 5.32 Å². The minimum atomic E-state index is -0.685. The molecule has 0 aromatic heterocycles. The molecule has 0 aliphatic carbocycles. The maximum Gasteiger partial charge on any atom is 0.269 e. The number of aliphatic hydroxyl groups is 1. The van der Waals surface area contributed by atoms with Crippen molar-refractivity contribution in [2.75, 3.05) is 18.5 Å². The molecule has 0 radical (unpaired) electrons. The van der Waals surface area contributed by atoms with E-state index in [0.29, 0.717) is 12.2 Å². The lowest BCUT2D eigenvalue weighted by molar-refractivity contribution is -0.384. The van der Waals surface area contributed by atoms with Crippen LogP contribution in [0.1, 0.15) is 5.56 Å². The Morgan fingerprint density at radius 2 is 2.00 bits per heavy atom. The molecule has 0 amide bonds. The molecule has 0 aliphatic heterocycles. The van der Waals surface area contributed by atoms with E-state index >= 15 is 0 Å². The SMILES string of the molecule is Cc1cccc(OCC(O)CNc2ccc([N+](=O)[O-])cc2)c1. The monoisotopic (exact) mass is 302 g/mol. The van der Waals surface area contributed by atoms with Crippen LogP contribution in [0.3, 0.4) is 0 Å². The van der Waals surface area contributed by atoms with Crippen LogP contribution >= 0.6 is 0 Å². The van der Waals surface area contributed by atoms with Crippen molar-refractivity contribution in [3.63, 3.8) is 0 Å². The minimum Gasteiger partial charge on any atom is -0.491 e. The zero-order valence-electron chi connectivity index (χ0n) is 12.2. The molecule has 2 N–H and O–H groups in total. The normalized spacial score (nSPS) is 11.7. The Morgan fingerprint density at radius 3 is 2.64 bits per heavy atom. The van der Waals surface area contributed by atoms with Crippen molar-refractivity contribution in [3.8, 4) is 5.75 Å². The molecule has 0 spiro atoms. The number of aryl methyl sites for hydroxylation is 1. The second kappa shape index (κ2) is 7.42. The first-order valence-corrected chi connectivity index (χ1v) is 6.90. The maximum atomic E-state index is 10.6. The van der Waals surface area contributed by atoms with E-state index in [1.54, 1.807) is 12.1 Å². The number of anilines is 1. The molecule has 2 aromatic carbocycles. The number of nitro groups is 1. The van der Waals surface area contributed by atoms with E-state index in [-0.39, 0.29) is 12.3 Å². The van der Waals surface area contributed by atoms with Gasteiger partial charge in [-0.3, -0.25) is 10.1 Å². The highest BCUT2D eigenvalue weighted by Crippen LogP contribution is 2.15. The fourth-order valence-corrected chi connectivity index (χ4v) is 1.89. The van der Waals surface area contributed by atoms with Crippen LogP contribution in [0.5, 0.6) is 5.75 Å². The molecule has 0 saturated heterocycles. The molecule has 2 aromatic rings. The first kappa shape index (κ1) is 15.8. The zero-order valence-corrected chi connectivity index (χ0v) is 12.2. The fourth-order valence-electron chi connectivity index (χ4n) is 1.89. The Bertz CT molecular complexity index is 628. The highest BCUT2D eigenvalue weighted by molar-refractivity contribution is 5.48. The number of nitrogens with one attached hydrogen (secondary N) is 1. The van der Waals surface area contributed by atoms with Crippen molar-refractivity contribution in [2.45, 2.75) is 13.0 Å². The summed E-state index contributed by atoms with van der Waals surface area (Å²) < 4.78 is 5.51. The number of benzene rings is 2. The molecule has 116 valence electrons. The summed E-state index contributed by atoms with van der Waals surface area (Å²) in [6.07, 6.45) is -0.685. The van der Waals surface area contributed by atoms with E-state index < -0.39 is 11.0 Å². The van der Waals surface area contributed by atoms with Crippen LogP contribution < -0.4 is 10.1 Å². The van der Waals surface area contributed by atoms with Crippen LogP contribution in [0.4, 0.5) is 11.4 Å². The standard InChI is InChI=1S/C16H18N2O4/c1-12-3-2-4-16(9-12)22-11-15(19)10-17-13-5-7-14(8-6-13)18(20)21/h2-9,15,17,19H,10-11H2,1H3. The number of aliphatic hydroxyl groups excluding tert-OH is 1. The Labute approximate surface area is 128 Å². The number of nitrogens with zero attached hydrogens (tertiary/aromatic N) is 1. The molecule has 0 bridgehead atoms. The summed E-state index contributed by atoms with van der Waals surface area (Å²) in [6, 6.07) is 13.6. The number of rotatable bonds is 7. The summed E-state index contributed by atoms with van der Waals surface area (Å²) >= 11 is 0. The van der Waals surface area contributed by atoms with Crippen LogP contribution in [-0.2, 0) is 0 Å². The van der Waals surface area contributed by atoms with Gasteiger partial charge in [-0.1, -0.05) is 12.1 Å². The van der Waals surface area contributed by atoms with Gasteiger partial charge in [0, 0.05) is 24.4 Å². The van der Waals surface area contributed by atoms with Crippen LogP contribution in [0.2, 0.25) is 0 Å². The minimum absolute atomic E-state index is 0.0360. The van der Waals surface area contributed by atoms with Gasteiger partial charge in [-0.05, 0) is 36.8 Å². The van der Waals surface area contributed by atoms with Gasteiger partial charge in [0.2, 0.25) is 0 Å². The van der Waals surface area contributed by atoms with Crippen LogP contribution in [0.25, 0.3) is 0 Å².